The molecule has 0 aromatic heterocycles. The van der Waals surface area contributed by atoms with E-state index in [2.05, 4.69) is 0 Å². The third-order valence-electron chi connectivity index (χ3n) is 2.45. The van der Waals surface area contributed by atoms with Gasteiger partial charge in [0.15, 0.2) is 0 Å². The molecular formula is C13H20N2O2. The summed E-state index contributed by atoms with van der Waals surface area (Å²) in [6.45, 7) is 3.34. The van der Waals surface area contributed by atoms with Crippen molar-refractivity contribution >= 4 is 5.91 Å². The van der Waals surface area contributed by atoms with Gasteiger partial charge in [0.25, 0.3) is 0 Å². The number of nitrogens with two attached hydrogens (primary N) is 1. The molecule has 0 radical (unpaired) electrons. The predicted octanol–water partition coefficient (Wildman–Crippen LogP) is 1.01. The Morgan fingerprint density at radius 2 is 2.06 bits per heavy atom. The molecular weight excluding hydrogens is 216 g/mol. The fourth-order valence-corrected chi connectivity index (χ4v) is 1.42. The topological polar surface area (TPSA) is 55.6 Å². The van der Waals surface area contributed by atoms with Crippen molar-refractivity contribution in [3.05, 3.63) is 35.9 Å². The van der Waals surface area contributed by atoms with E-state index in [-0.39, 0.29) is 5.91 Å². The molecule has 0 fully saturated rings. The Hall–Kier alpha value is -1.39. The van der Waals surface area contributed by atoms with Gasteiger partial charge in [-0.25, -0.2) is 0 Å². The Morgan fingerprint density at radius 1 is 1.41 bits per heavy atom. The van der Waals surface area contributed by atoms with E-state index in [1.807, 2.05) is 30.3 Å². The molecule has 0 aliphatic rings. The van der Waals surface area contributed by atoms with Gasteiger partial charge in [0.05, 0.1) is 19.3 Å². The SMILES string of the molecule is C[C@@H](N)C(=O)N(C)CCOCc1ccccc1. The van der Waals surface area contributed by atoms with Gasteiger partial charge in [0.1, 0.15) is 0 Å². The van der Waals surface area contributed by atoms with Crippen LogP contribution >= 0.6 is 0 Å². The molecule has 1 amide bonds. The van der Waals surface area contributed by atoms with Crippen LogP contribution in [0.1, 0.15) is 12.5 Å². The normalized spacial score (nSPS) is 12.2. The van der Waals surface area contributed by atoms with Crippen molar-refractivity contribution in [3.8, 4) is 0 Å². The van der Waals surface area contributed by atoms with E-state index >= 15 is 0 Å². The van der Waals surface area contributed by atoms with Gasteiger partial charge in [0, 0.05) is 13.6 Å². The van der Waals surface area contributed by atoms with Crippen molar-refractivity contribution in [2.24, 2.45) is 5.73 Å². The van der Waals surface area contributed by atoms with E-state index in [9.17, 15) is 4.79 Å². The van der Waals surface area contributed by atoms with Crippen LogP contribution in [0.15, 0.2) is 30.3 Å². The van der Waals surface area contributed by atoms with Crippen molar-refractivity contribution in [2.45, 2.75) is 19.6 Å². The largest absolute Gasteiger partial charge is 0.375 e. The average Bonchev–Trinajstić information content (AvgIpc) is 2.34. The highest BCUT2D eigenvalue weighted by Gasteiger charge is 2.12. The maximum absolute atomic E-state index is 11.5. The number of rotatable bonds is 6. The van der Waals surface area contributed by atoms with Crippen LogP contribution in [0, 0.1) is 0 Å². The zero-order valence-electron chi connectivity index (χ0n) is 10.4. The number of benzene rings is 1. The zero-order chi connectivity index (χ0) is 12.7. The number of hydrogen-bond donors (Lipinski definition) is 1. The van der Waals surface area contributed by atoms with Crippen molar-refractivity contribution < 1.29 is 9.53 Å². The third-order valence-corrected chi connectivity index (χ3v) is 2.45. The summed E-state index contributed by atoms with van der Waals surface area (Å²) in [6.07, 6.45) is 0. The molecule has 2 N–H and O–H groups in total. The smallest absolute Gasteiger partial charge is 0.239 e. The van der Waals surface area contributed by atoms with Gasteiger partial charge in [-0.3, -0.25) is 4.79 Å². The zero-order valence-corrected chi connectivity index (χ0v) is 10.4. The lowest BCUT2D eigenvalue weighted by Gasteiger charge is -2.19. The Bertz CT molecular complexity index is 339. The van der Waals surface area contributed by atoms with Crippen molar-refractivity contribution in [2.75, 3.05) is 20.2 Å². The Balaban J connectivity index is 2.18. The van der Waals surface area contributed by atoms with Crippen LogP contribution in [0.2, 0.25) is 0 Å². The molecule has 17 heavy (non-hydrogen) atoms. The fraction of sp³-hybridized carbons (Fsp3) is 0.462. The molecule has 0 spiro atoms. The maximum atomic E-state index is 11.5. The number of nitrogens with zero attached hydrogens (tertiary/aromatic N) is 1. The van der Waals surface area contributed by atoms with Gasteiger partial charge >= 0.3 is 0 Å². The molecule has 1 aromatic carbocycles. The first-order valence-electron chi connectivity index (χ1n) is 5.73. The predicted molar refractivity (Wildman–Crippen MR) is 67.4 cm³/mol. The molecule has 94 valence electrons. The lowest BCUT2D eigenvalue weighted by Crippen LogP contribution is -2.41. The summed E-state index contributed by atoms with van der Waals surface area (Å²) in [4.78, 5) is 13.0. The second kappa shape index (κ2) is 7.04. The number of hydrogen-bond acceptors (Lipinski definition) is 3. The third kappa shape index (κ3) is 4.97. The van der Waals surface area contributed by atoms with Crippen LogP contribution in [-0.4, -0.2) is 37.0 Å². The summed E-state index contributed by atoms with van der Waals surface area (Å²) < 4.78 is 5.49. The molecule has 1 atom stereocenters. The van der Waals surface area contributed by atoms with E-state index in [0.717, 1.165) is 5.56 Å². The summed E-state index contributed by atoms with van der Waals surface area (Å²) >= 11 is 0. The maximum Gasteiger partial charge on any atom is 0.239 e. The van der Waals surface area contributed by atoms with E-state index in [4.69, 9.17) is 10.5 Å². The van der Waals surface area contributed by atoms with Gasteiger partial charge in [0.2, 0.25) is 5.91 Å². The second-order valence-electron chi connectivity index (χ2n) is 4.09. The van der Waals surface area contributed by atoms with Crippen LogP contribution in [0.3, 0.4) is 0 Å². The van der Waals surface area contributed by atoms with E-state index < -0.39 is 6.04 Å². The van der Waals surface area contributed by atoms with E-state index in [0.29, 0.717) is 19.8 Å². The quantitative estimate of drug-likeness (QED) is 0.750. The molecule has 1 rings (SSSR count). The van der Waals surface area contributed by atoms with Gasteiger partial charge in [-0.15, -0.1) is 0 Å². The lowest BCUT2D eigenvalue weighted by atomic mass is 10.2. The van der Waals surface area contributed by atoms with Gasteiger partial charge in [-0.1, -0.05) is 30.3 Å². The molecule has 0 saturated heterocycles. The van der Waals surface area contributed by atoms with Crippen molar-refractivity contribution in [1.82, 2.24) is 4.90 Å². The first kappa shape index (κ1) is 13.7. The minimum Gasteiger partial charge on any atom is -0.375 e. The summed E-state index contributed by atoms with van der Waals surface area (Å²) in [5.74, 6) is -0.0617. The van der Waals surface area contributed by atoms with Gasteiger partial charge in [-0.2, -0.15) is 0 Å². The summed E-state index contributed by atoms with van der Waals surface area (Å²) in [7, 11) is 1.73. The number of amides is 1. The summed E-state index contributed by atoms with van der Waals surface area (Å²) in [5, 5.41) is 0. The van der Waals surface area contributed by atoms with Gasteiger partial charge in [-0.05, 0) is 12.5 Å². The Kier molecular flexibility index (Phi) is 5.66. The molecule has 0 heterocycles. The van der Waals surface area contributed by atoms with Crippen LogP contribution in [-0.2, 0) is 16.1 Å². The molecule has 0 bridgehead atoms. The minimum atomic E-state index is -0.450. The second-order valence-corrected chi connectivity index (χ2v) is 4.09. The number of ether oxygens (including phenoxy) is 1. The first-order valence-corrected chi connectivity index (χ1v) is 5.73. The Morgan fingerprint density at radius 3 is 2.65 bits per heavy atom. The molecule has 0 saturated carbocycles. The summed E-state index contributed by atoms with van der Waals surface area (Å²) in [5.41, 5.74) is 6.63. The van der Waals surface area contributed by atoms with Crippen LogP contribution < -0.4 is 5.73 Å². The van der Waals surface area contributed by atoms with Crippen molar-refractivity contribution in [3.63, 3.8) is 0 Å². The molecule has 0 aliphatic heterocycles. The lowest BCUT2D eigenvalue weighted by molar-refractivity contribution is -0.131. The van der Waals surface area contributed by atoms with Crippen molar-refractivity contribution in [1.29, 1.82) is 0 Å². The molecule has 4 heteroatoms. The summed E-state index contributed by atoms with van der Waals surface area (Å²) in [6, 6.07) is 9.50. The first-order chi connectivity index (χ1) is 8.11. The standard InChI is InChI=1S/C13H20N2O2/c1-11(14)13(16)15(2)8-9-17-10-12-6-4-3-5-7-12/h3-7,11H,8-10,14H2,1-2H3/t11-/m1/s1. The minimum absolute atomic E-state index is 0.0617. The monoisotopic (exact) mass is 236 g/mol. The fourth-order valence-electron chi connectivity index (χ4n) is 1.42. The molecule has 0 aliphatic carbocycles. The van der Waals surface area contributed by atoms with E-state index in [1.54, 1.807) is 18.9 Å². The number of likely N-dealkylation sites (N-methyl/N-ethyl adjacent to an activating group) is 1. The molecule has 0 unspecified atom stereocenters. The molecule has 4 nitrogen and oxygen atoms in total. The highest BCUT2D eigenvalue weighted by molar-refractivity contribution is 5.80. The highest BCUT2D eigenvalue weighted by Crippen LogP contribution is 2.00. The Labute approximate surface area is 102 Å². The molecule has 1 aromatic rings. The highest BCUT2D eigenvalue weighted by atomic mass is 16.5. The van der Waals surface area contributed by atoms with E-state index in [1.165, 1.54) is 0 Å². The van der Waals surface area contributed by atoms with Crippen LogP contribution in [0.5, 0.6) is 0 Å². The average molecular weight is 236 g/mol. The van der Waals surface area contributed by atoms with Crippen LogP contribution in [0.4, 0.5) is 0 Å². The number of carbonyl (C=O) groups excluding carboxylic acids is 1. The van der Waals surface area contributed by atoms with Gasteiger partial charge < -0.3 is 15.4 Å². The number of carbonyl (C=O) groups is 1. The van der Waals surface area contributed by atoms with Crippen LogP contribution in [0.25, 0.3) is 0 Å².